The average Bonchev–Trinajstić information content (AvgIpc) is 1.91. The molecule has 0 amide bonds. The van der Waals surface area contributed by atoms with Crippen molar-refractivity contribution in [3.63, 3.8) is 0 Å². The molecule has 0 aromatic rings. The fourth-order valence-corrected chi connectivity index (χ4v) is 0.136. The van der Waals surface area contributed by atoms with Crippen LogP contribution in [0.2, 0.25) is 0 Å². The molecule has 0 saturated heterocycles. The highest BCUT2D eigenvalue weighted by Crippen LogP contribution is 1.82. The molecule has 0 N–H and O–H groups in total. The summed E-state index contributed by atoms with van der Waals surface area (Å²) in [6.45, 7) is 11.6. The zero-order valence-electron chi connectivity index (χ0n) is 7.52. The average molecular weight is 138 g/mol. The van der Waals surface area contributed by atoms with Crippen molar-refractivity contribution >= 4 is 0 Å². The fourth-order valence-electron chi connectivity index (χ4n) is 0.136. The van der Waals surface area contributed by atoms with Crippen LogP contribution in [-0.2, 0) is 0 Å². The van der Waals surface area contributed by atoms with Crippen LogP contribution in [0.3, 0.4) is 0 Å². The zero-order chi connectivity index (χ0) is 8.41. The Bertz CT molecular complexity index is 112. The summed E-state index contributed by atoms with van der Waals surface area (Å²) in [7, 11) is 0. The lowest BCUT2D eigenvalue weighted by Gasteiger charge is -1.74. The molecule has 0 heterocycles. The second-order valence-electron chi connectivity index (χ2n) is 2.13. The smallest absolute Gasteiger partial charge is 0.0442 e. The third-order valence-electron chi connectivity index (χ3n) is 0.906. The Morgan fingerprint density at radius 1 is 1.20 bits per heavy atom. The third kappa shape index (κ3) is 26.9. The molecule has 10 heavy (non-hydrogen) atoms. The van der Waals surface area contributed by atoms with E-state index in [0.717, 1.165) is 0 Å². The van der Waals surface area contributed by atoms with Gasteiger partial charge in [-0.05, 0) is 27.7 Å². The topological polar surface area (TPSA) is 0 Å². The van der Waals surface area contributed by atoms with Crippen LogP contribution in [0.1, 0.15) is 27.7 Å². The molecular weight excluding hydrogens is 120 g/mol. The van der Waals surface area contributed by atoms with E-state index >= 15 is 0 Å². The van der Waals surface area contributed by atoms with Gasteiger partial charge in [-0.3, -0.25) is 0 Å². The van der Waals surface area contributed by atoms with Crippen molar-refractivity contribution in [2.24, 2.45) is 0 Å². The lowest BCUT2D eigenvalue weighted by molar-refractivity contribution is 1.36. The summed E-state index contributed by atoms with van der Waals surface area (Å²) in [6.07, 6.45) is 7.66. The maximum absolute atomic E-state index is 3.46. The Morgan fingerprint density at radius 3 is 1.60 bits per heavy atom. The zero-order valence-corrected chi connectivity index (χ0v) is 7.52. The van der Waals surface area contributed by atoms with Crippen LogP contribution < -0.4 is 0 Å². The number of rotatable bonds is 1. The predicted molar refractivity (Wildman–Crippen MR) is 50.1 cm³/mol. The fraction of sp³-hybridized carbons (Fsp3) is 0.400. The van der Waals surface area contributed by atoms with Crippen molar-refractivity contribution in [2.75, 3.05) is 0 Å². The number of allylic oxidation sites excluding steroid dienone is 5. The van der Waals surface area contributed by atoms with Crippen molar-refractivity contribution in [2.45, 2.75) is 27.7 Å². The number of hydrogen-bond donors (Lipinski definition) is 0. The summed E-state index contributed by atoms with van der Waals surface area (Å²) < 4.78 is 0. The molecule has 0 radical (unpaired) electrons. The molecule has 0 atom stereocenters. The minimum Gasteiger partial charge on any atom is -0.0991 e. The van der Waals surface area contributed by atoms with E-state index in [9.17, 15) is 0 Å². The SMILES string of the molecule is C=C/C=C/C.CC=C(C)C. The first kappa shape index (κ1) is 12.0. The van der Waals surface area contributed by atoms with Crippen LogP contribution in [0.5, 0.6) is 0 Å². The second-order valence-corrected chi connectivity index (χ2v) is 2.13. The molecule has 0 spiro atoms. The molecule has 0 heteroatoms. The molecule has 58 valence electrons. The molecule has 0 fully saturated rings. The van der Waals surface area contributed by atoms with Crippen molar-refractivity contribution in [1.82, 2.24) is 0 Å². The minimum absolute atomic E-state index is 1.38. The largest absolute Gasteiger partial charge is 0.0991 e. The molecule has 0 nitrogen and oxygen atoms in total. The van der Waals surface area contributed by atoms with Crippen LogP contribution in [-0.4, -0.2) is 0 Å². The van der Waals surface area contributed by atoms with Gasteiger partial charge in [-0.2, -0.15) is 0 Å². The van der Waals surface area contributed by atoms with Gasteiger partial charge in [0.2, 0.25) is 0 Å². The molecule has 0 saturated carbocycles. The van der Waals surface area contributed by atoms with Crippen LogP contribution in [0, 0.1) is 0 Å². The van der Waals surface area contributed by atoms with Gasteiger partial charge < -0.3 is 0 Å². The molecule has 0 aromatic carbocycles. The first-order valence-corrected chi connectivity index (χ1v) is 3.52. The van der Waals surface area contributed by atoms with E-state index < -0.39 is 0 Å². The van der Waals surface area contributed by atoms with Crippen LogP contribution >= 0.6 is 0 Å². The van der Waals surface area contributed by atoms with Crippen molar-refractivity contribution < 1.29 is 0 Å². The van der Waals surface area contributed by atoms with Gasteiger partial charge in [0.05, 0.1) is 0 Å². The van der Waals surface area contributed by atoms with Gasteiger partial charge in [-0.25, -0.2) is 0 Å². The maximum atomic E-state index is 3.46. The summed E-state index contributed by atoms with van der Waals surface area (Å²) >= 11 is 0. The second kappa shape index (κ2) is 11.1. The molecular formula is C10H18. The minimum atomic E-state index is 1.38. The van der Waals surface area contributed by atoms with E-state index in [1.165, 1.54) is 5.57 Å². The summed E-state index contributed by atoms with van der Waals surface area (Å²) in [5.74, 6) is 0. The van der Waals surface area contributed by atoms with E-state index in [-0.39, 0.29) is 0 Å². The van der Waals surface area contributed by atoms with Gasteiger partial charge in [-0.15, -0.1) is 0 Å². The van der Waals surface area contributed by atoms with Crippen LogP contribution in [0.15, 0.2) is 36.5 Å². The van der Waals surface area contributed by atoms with Crippen molar-refractivity contribution in [3.05, 3.63) is 36.5 Å². The predicted octanol–water partition coefficient (Wildman–Crippen LogP) is 3.72. The van der Waals surface area contributed by atoms with Gasteiger partial charge in [0, 0.05) is 0 Å². The number of hydrogen-bond acceptors (Lipinski definition) is 0. The van der Waals surface area contributed by atoms with Gasteiger partial charge in [-0.1, -0.05) is 36.5 Å². The Labute approximate surface area is 65.0 Å². The van der Waals surface area contributed by atoms with E-state index in [2.05, 4.69) is 26.5 Å². The molecule has 0 bridgehead atoms. The highest BCUT2D eigenvalue weighted by molar-refractivity contribution is 4.94. The van der Waals surface area contributed by atoms with E-state index in [1.54, 1.807) is 6.08 Å². The first-order valence-electron chi connectivity index (χ1n) is 3.52. The van der Waals surface area contributed by atoms with Gasteiger partial charge in [0.25, 0.3) is 0 Å². The van der Waals surface area contributed by atoms with E-state index in [4.69, 9.17) is 0 Å². The lowest BCUT2D eigenvalue weighted by Crippen LogP contribution is -1.52. The molecule has 0 aromatic heterocycles. The summed E-state index contributed by atoms with van der Waals surface area (Å²) in [5.41, 5.74) is 1.38. The Kier molecular flexibility index (Phi) is 13.2. The van der Waals surface area contributed by atoms with Crippen LogP contribution in [0.4, 0.5) is 0 Å². The maximum Gasteiger partial charge on any atom is -0.0442 e. The van der Waals surface area contributed by atoms with Gasteiger partial charge >= 0.3 is 0 Å². The summed E-state index contributed by atoms with van der Waals surface area (Å²) in [6, 6.07) is 0. The summed E-state index contributed by atoms with van der Waals surface area (Å²) in [5, 5.41) is 0. The van der Waals surface area contributed by atoms with E-state index in [1.807, 2.05) is 26.0 Å². The Hall–Kier alpha value is -0.780. The highest BCUT2D eigenvalue weighted by Gasteiger charge is 1.60. The molecule has 0 rings (SSSR count). The highest BCUT2D eigenvalue weighted by atomic mass is 13.7. The molecule has 0 aliphatic carbocycles. The summed E-state index contributed by atoms with van der Waals surface area (Å²) in [4.78, 5) is 0. The first-order chi connectivity index (χ1) is 4.68. The van der Waals surface area contributed by atoms with Crippen molar-refractivity contribution in [3.8, 4) is 0 Å². The molecule has 0 unspecified atom stereocenters. The van der Waals surface area contributed by atoms with Crippen LogP contribution in [0.25, 0.3) is 0 Å². The Balaban J connectivity index is 0. The Morgan fingerprint density at radius 2 is 1.60 bits per heavy atom. The molecule has 0 aliphatic heterocycles. The normalized spacial score (nSPS) is 8.00. The molecule has 0 aliphatic rings. The lowest BCUT2D eigenvalue weighted by atomic mass is 10.3. The van der Waals surface area contributed by atoms with Gasteiger partial charge in [0.15, 0.2) is 0 Å². The van der Waals surface area contributed by atoms with E-state index in [0.29, 0.717) is 0 Å². The monoisotopic (exact) mass is 138 g/mol. The van der Waals surface area contributed by atoms with Gasteiger partial charge in [0.1, 0.15) is 0 Å². The van der Waals surface area contributed by atoms with Crippen molar-refractivity contribution in [1.29, 1.82) is 0 Å². The quantitative estimate of drug-likeness (QED) is 0.382. The third-order valence-corrected chi connectivity index (χ3v) is 0.906. The standard InChI is InChI=1S/C5H10.C5H8/c1-4-5(2)3;1-3-5-4-2/h4H,1-3H3;3-5H,1H2,2H3/b;5-4+.